The zero-order valence-corrected chi connectivity index (χ0v) is 21.5. The molecule has 0 saturated heterocycles. The second kappa shape index (κ2) is 9.94. The highest BCUT2D eigenvalue weighted by Gasteiger charge is 2.42. The van der Waals surface area contributed by atoms with Crippen molar-refractivity contribution in [3.8, 4) is 11.1 Å². The van der Waals surface area contributed by atoms with Crippen molar-refractivity contribution in [2.75, 3.05) is 6.61 Å². The Bertz CT molecular complexity index is 1380. The zero-order chi connectivity index (χ0) is 24.5. The number of rotatable bonds is 5. The summed E-state index contributed by atoms with van der Waals surface area (Å²) in [6, 6.07) is 23.6. The molecule has 0 fully saturated rings. The lowest BCUT2D eigenvalue weighted by Crippen LogP contribution is -2.36. The molecule has 0 unspecified atom stereocenters. The molecule has 0 aromatic heterocycles. The van der Waals surface area contributed by atoms with Crippen LogP contribution in [0, 0.1) is 0 Å². The molecule has 0 aliphatic carbocycles. The molecule has 0 radical (unpaired) electrons. The summed E-state index contributed by atoms with van der Waals surface area (Å²) >= 11 is 14.6. The lowest BCUT2D eigenvalue weighted by molar-refractivity contribution is -0.139. The molecule has 2 heterocycles. The van der Waals surface area contributed by atoms with Crippen LogP contribution in [0.3, 0.4) is 0 Å². The van der Waals surface area contributed by atoms with E-state index in [0.717, 1.165) is 33.1 Å². The molecule has 0 bridgehead atoms. The van der Waals surface area contributed by atoms with E-state index in [1.807, 2.05) is 37.3 Å². The van der Waals surface area contributed by atoms with Crippen molar-refractivity contribution in [2.45, 2.75) is 19.9 Å². The Morgan fingerprint density at radius 3 is 2.37 bits per heavy atom. The van der Waals surface area contributed by atoms with Gasteiger partial charge < -0.3 is 9.64 Å². The van der Waals surface area contributed by atoms with Gasteiger partial charge in [0.1, 0.15) is 0 Å². The molecule has 35 heavy (non-hydrogen) atoms. The first-order valence-electron chi connectivity index (χ1n) is 11.2. The average Bonchev–Trinajstić information content (AvgIpc) is 3.29. The van der Waals surface area contributed by atoms with Crippen LogP contribution in [0.2, 0.25) is 10.0 Å². The number of amidine groups is 1. The molecule has 3 aromatic rings. The van der Waals surface area contributed by atoms with Crippen LogP contribution in [0.1, 0.15) is 31.0 Å². The lowest BCUT2D eigenvalue weighted by Gasteiger charge is -2.36. The van der Waals surface area contributed by atoms with Crippen molar-refractivity contribution in [1.82, 2.24) is 4.90 Å². The number of carbonyl (C=O) groups is 1. The van der Waals surface area contributed by atoms with E-state index < -0.39 is 12.0 Å². The number of thioether (sulfide) groups is 1. The van der Waals surface area contributed by atoms with E-state index in [1.165, 1.54) is 11.8 Å². The standard InChI is InChI=1S/C28H22Cl2N2O2S/c1-3-34-27(33)24-17(2)31-28-32(26(24)21-10-7-11-22(29)25(21)30)23(16-35-28)20-14-12-19(13-15-20)18-8-5-4-6-9-18/h4-16,26H,3H2,1-2H3/t26-/m1/s1. The topological polar surface area (TPSA) is 41.9 Å². The summed E-state index contributed by atoms with van der Waals surface area (Å²) in [5.74, 6) is -0.412. The van der Waals surface area contributed by atoms with Gasteiger partial charge in [0, 0.05) is 5.41 Å². The molecular weight excluding hydrogens is 499 g/mol. The Hall–Kier alpha value is -2.99. The number of hydrogen-bond donors (Lipinski definition) is 0. The van der Waals surface area contributed by atoms with Crippen LogP contribution >= 0.6 is 35.0 Å². The Labute approximate surface area is 218 Å². The Morgan fingerprint density at radius 1 is 0.971 bits per heavy atom. The monoisotopic (exact) mass is 520 g/mol. The highest BCUT2D eigenvalue weighted by molar-refractivity contribution is 8.16. The van der Waals surface area contributed by atoms with Gasteiger partial charge in [-0.25, -0.2) is 9.79 Å². The summed E-state index contributed by atoms with van der Waals surface area (Å²) < 4.78 is 5.43. The van der Waals surface area contributed by atoms with Crippen LogP contribution < -0.4 is 0 Å². The van der Waals surface area contributed by atoms with Gasteiger partial charge in [-0.3, -0.25) is 0 Å². The summed E-state index contributed by atoms with van der Waals surface area (Å²) in [4.78, 5) is 20.0. The fraction of sp³-hybridized carbons (Fsp3) is 0.143. The molecule has 5 rings (SSSR count). The molecule has 0 N–H and O–H groups in total. The van der Waals surface area contributed by atoms with Crippen LogP contribution in [0.4, 0.5) is 0 Å². The van der Waals surface area contributed by atoms with Gasteiger partial charge in [0.05, 0.1) is 39.7 Å². The molecule has 7 heteroatoms. The predicted octanol–water partition coefficient (Wildman–Crippen LogP) is 7.96. The minimum Gasteiger partial charge on any atom is -0.463 e. The first-order valence-corrected chi connectivity index (χ1v) is 12.9. The molecule has 176 valence electrons. The molecule has 0 amide bonds. The molecule has 0 spiro atoms. The third-order valence-corrected chi connectivity index (χ3v) is 7.66. The number of ether oxygens (including phenoxy) is 1. The van der Waals surface area contributed by atoms with Crippen LogP contribution in [0.15, 0.2) is 94.5 Å². The van der Waals surface area contributed by atoms with Crippen LogP contribution in [-0.4, -0.2) is 22.6 Å². The van der Waals surface area contributed by atoms with Crippen molar-refractivity contribution in [1.29, 1.82) is 0 Å². The number of aliphatic imine (C=N–C) groups is 1. The van der Waals surface area contributed by atoms with Crippen molar-refractivity contribution >= 4 is 51.8 Å². The largest absolute Gasteiger partial charge is 0.463 e. The molecule has 0 saturated carbocycles. The van der Waals surface area contributed by atoms with E-state index in [-0.39, 0.29) is 6.61 Å². The number of nitrogens with zero attached hydrogens (tertiary/aromatic N) is 2. The number of benzene rings is 3. The van der Waals surface area contributed by atoms with Crippen molar-refractivity contribution in [2.24, 2.45) is 4.99 Å². The number of esters is 1. The van der Waals surface area contributed by atoms with Gasteiger partial charge in [-0.05, 0) is 42.2 Å². The van der Waals surface area contributed by atoms with Gasteiger partial charge in [-0.1, -0.05) is 102 Å². The third kappa shape index (κ3) is 4.40. The van der Waals surface area contributed by atoms with Gasteiger partial charge in [0.25, 0.3) is 0 Å². The van der Waals surface area contributed by atoms with E-state index in [0.29, 0.717) is 21.3 Å². The van der Waals surface area contributed by atoms with Crippen LogP contribution in [0.5, 0.6) is 0 Å². The maximum Gasteiger partial charge on any atom is 0.338 e. The smallest absolute Gasteiger partial charge is 0.338 e. The van der Waals surface area contributed by atoms with Crippen molar-refractivity contribution in [3.63, 3.8) is 0 Å². The van der Waals surface area contributed by atoms with E-state index in [1.54, 1.807) is 13.0 Å². The van der Waals surface area contributed by atoms with Gasteiger partial charge >= 0.3 is 5.97 Å². The van der Waals surface area contributed by atoms with Gasteiger partial charge in [0.15, 0.2) is 5.17 Å². The van der Waals surface area contributed by atoms with E-state index in [4.69, 9.17) is 32.9 Å². The summed E-state index contributed by atoms with van der Waals surface area (Å²) in [5, 5.41) is 3.67. The quantitative estimate of drug-likeness (QED) is 0.320. The van der Waals surface area contributed by atoms with Crippen molar-refractivity contribution < 1.29 is 9.53 Å². The Morgan fingerprint density at radius 2 is 1.66 bits per heavy atom. The van der Waals surface area contributed by atoms with Gasteiger partial charge in [-0.15, -0.1) is 0 Å². The van der Waals surface area contributed by atoms with Crippen LogP contribution in [0.25, 0.3) is 16.8 Å². The average molecular weight is 521 g/mol. The van der Waals surface area contributed by atoms with E-state index >= 15 is 0 Å². The van der Waals surface area contributed by atoms with Crippen LogP contribution in [-0.2, 0) is 9.53 Å². The normalized spacial score (nSPS) is 17.1. The highest BCUT2D eigenvalue weighted by atomic mass is 35.5. The second-order valence-corrected chi connectivity index (χ2v) is 9.72. The second-order valence-electron chi connectivity index (χ2n) is 8.09. The first-order chi connectivity index (χ1) is 17.0. The minimum atomic E-state index is -0.525. The number of fused-ring (bicyclic) bond motifs is 1. The first kappa shape index (κ1) is 23.7. The van der Waals surface area contributed by atoms with E-state index in [2.05, 4.69) is 46.7 Å². The number of allylic oxidation sites excluding steroid dienone is 1. The lowest BCUT2D eigenvalue weighted by atomic mass is 9.93. The fourth-order valence-corrected chi connectivity index (χ4v) is 5.74. The molecular formula is C28H22Cl2N2O2S. The number of halogens is 2. The molecule has 3 aromatic carbocycles. The summed E-state index contributed by atoms with van der Waals surface area (Å²) in [7, 11) is 0. The predicted molar refractivity (Wildman–Crippen MR) is 145 cm³/mol. The zero-order valence-electron chi connectivity index (χ0n) is 19.2. The maximum atomic E-state index is 13.1. The Balaban J connectivity index is 1.60. The number of carbonyl (C=O) groups excluding carboxylic acids is 1. The molecule has 2 aliphatic rings. The summed E-state index contributed by atoms with van der Waals surface area (Å²) in [5.41, 5.74) is 6.01. The Kier molecular flexibility index (Phi) is 6.74. The minimum absolute atomic E-state index is 0.264. The van der Waals surface area contributed by atoms with Gasteiger partial charge in [-0.2, -0.15) is 0 Å². The fourth-order valence-electron chi connectivity index (χ4n) is 4.35. The van der Waals surface area contributed by atoms with Crippen molar-refractivity contribution in [3.05, 3.63) is 111 Å². The SMILES string of the molecule is CCOC(=O)C1=C(C)N=C2SC=C(c3ccc(-c4ccccc4)cc3)N2[C@@H]1c1cccc(Cl)c1Cl. The summed E-state index contributed by atoms with van der Waals surface area (Å²) in [6.45, 7) is 3.88. The van der Waals surface area contributed by atoms with Gasteiger partial charge in [0.2, 0.25) is 0 Å². The summed E-state index contributed by atoms with van der Waals surface area (Å²) in [6.07, 6.45) is 0. The molecule has 4 nitrogen and oxygen atoms in total. The third-order valence-electron chi connectivity index (χ3n) is 5.99. The number of hydrogen-bond acceptors (Lipinski definition) is 5. The maximum absolute atomic E-state index is 13.1. The highest BCUT2D eigenvalue weighted by Crippen LogP contribution is 2.49. The molecule has 1 atom stereocenters. The molecule has 2 aliphatic heterocycles. The van der Waals surface area contributed by atoms with E-state index in [9.17, 15) is 4.79 Å².